The van der Waals surface area contributed by atoms with Crippen LogP contribution < -0.4 is 0 Å². The summed E-state index contributed by atoms with van der Waals surface area (Å²) in [5, 5.41) is 9.41. The second-order valence-corrected chi connectivity index (χ2v) is 2.47. The van der Waals surface area contributed by atoms with Gasteiger partial charge in [0, 0.05) is 6.42 Å². The van der Waals surface area contributed by atoms with Crippen LogP contribution in [0.25, 0.3) is 0 Å². The minimum atomic E-state index is -2.06. The molecule has 0 spiro atoms. The molecule has 1 aliphatic heterocycles. The maximum Gasteiger partial charge on any atom is 0.350 e. The van der Waals surface area contributed by atoms with Crippen molar-refractivity contribution in [2.75, 3.05) is 13.2 Å². The Bertz CT molecular complexity index is 212. The van der Waals surface area contributed by atoms with Gasteiger partial charge in [0.1, 0.15) is 0 Å². The molecule has 0 radical (unpaired) electrons. The van der Waals surface area contributed by atoms with Crippen molar-refractivity contribution in [3.05, 3.63) is 0 Å². The van der Waals surface area contributed by atoms with Crippen molar-refractivity contribution in [2.45, 2.75) is 18.9 Å². The van der Waals surface area contributed by atoms with Gasteiger partial charge in [0.15, 0.2) is 0 Å². The number of hydrogen-bond donors (Lipinski definition) is 1. The first-order valence-corrected chi connectivity index (χ1v) is 3.68. The molecule has 0 aromatic rings. The molecule has 1 saturated heterocycles. The molecule has 0 saturated carbocycles. The van der Waals surface area contributed by atoms with Crippen LogP contribution in [0.1, 0.15) is 13.3 Å². The van der Waals surface area contributed by atoms with E-state index in [0.29, 0.717) is 0 Å². The van der Waals surface area contributed by atoms with Crippen LogP contribution >= 0.6 is 0 Å². The first kappa shape index (κ1) is 8.99. The van der Waals surface area contributed by atoms with Gasteiger partial charge in [0.2, 0.25) is 0 Å². The minimum absolute atomic E-state index is 0.0231. The van der Waals surface area contributed by atoms with E-state index in [0.717, 1.165) is 0 Å². The fourth-order valence-corrected chi connectivity index (χ4v) is 0.949. The number of esters is 2. The molecular weight excluding hydrogens is 164 g/mol. The Kier molecular flexibility index (Phi) is 2.32. The molecule has 1 aliphatic rings. The van der Waals surface area contributed by atoms with Crippen LogP contribution in [-0.2, 0) is 19.1 Å². The first-order chi connectivity index (χ1) is 5.61. The molecule has 1 heterocycles. The Labute approximate surface area is 69.3 Å². The van der Waals surface area contributed by atoms with Gasteiger partial charge >= 0.3 is 11.9 Å². The van der Waals surface area contributed by atoms with Gasteiger partial charge in [0.05, 0.1) is 13.2 Å². The molecular formula is C7H10O5. The van der Waals surface area contributed by atoms with Crippen LogP contribution in [0.4, 0.5) is 0 Å². The van der Waals surface area contributed by atoms with E-state index in [2.05, 4.69) is 9.47 Å². The smallest absolute Gasteiger partial charge is 0.350 e. The molecule has 1 fully saturated rings. The van der Waals surface area contributed by atoms with E-state index >= 15 is 0 Å². The van der Waals surface area contributed by atoms with Crippen molar-refractivity contribution in [3.8, 4) is 0 Å². The van der Waals surface area contributed by atoms with E-state index in [4.69, 9.17) is 0 Å². The summed E-state index contributed by atoms with van der Waals surface area (Å²) in [7, 11) is 0. The Morgan fingerprint density at radius 1 is 1.83 bits per heavy atom. The van der Waals surface area contributed by atoms with Gasteiger partial charge in [-0.3, -0.25) is 0 Å². The summed E-state index contributed by atoms with van der Waals surface area (Å²) in [4.78, 5) is 21.8. The van der Waals surface area contributed by atoms with Crippen molar-refractivity contribution in [1.82, 2.24) is 0 Å². The van der Waals surface area contributed by atoms with Crippen molar-refractivity contribution < 1.29 is 24.2 Å². The highest BCUT2D eigenvalue weighted by Crippen LogP contribution is 2.21. The summed E-state index contributed by atoms with van der Waals surface area (Å²) in [6.45, 7) is 1.80. The third-order valence-corrected chi connectivity index (χ3v) is 1.65. The number of aliphatic hydroxyl groups is 1. The Hall–Kier alpha value is -1.10. The van der Waals surface area contributed by atoms with Gasteiger partial charge in [-0.2, -0.15) is 0 Å². The maximum atomic E-state index is 11.0. The fraction of sp³-hybridized carbons (Fsp3) is 0.714. The molecule has 68 valence electrons. The van der Waals surface area contributed by atoms with Crippen molar-refractivity contribution >= 4 is 11.9 Å². The molecule has 5 heteroatoms. The highest BCUT2D eigenvalue weighted by atomic mass is 16.6. The summed E-state index contributed by atoms with van der Waals surface area (Å²) < 4.78 is 8.96. The quantitative estimate of drug-likeness (QED) is 0.439. The zero-order valence-corrected chi connectivity index (χ0v) is 6.70. The Morgan fingerprint density at radius 2 is 2.50 bits per heavy atom. The molecule has 0 bridgehead atoms. The normalized spacial score (nSPS) is 28.3. The molecule has 1 unspecified atom stereocenters. The van der Waals surface area contributed by atoms with Gasteiger partial charge in [-0.05, 0) is 6.92 Å². The van der Waals surface area contributed by atoms with Gasteiger partial charge < -0.3 is 14.6 Å². The number of rotatable bonds is 2. The predicted octanol–water partition coefficient (Wildman–Crippen LogP) is -0.773. The summed E-state index contributed by atoms with van der Waals surface area (Å²) in [5.74, 6) is -1.84. The van der Waals surface area contributed by atoms with Crippen LogP contribution in [0, 0.1) is 0 Å². The SMILES string of the molecule is CCOC(=O)C1(O)CCOC1=O. The Morgan fingerprint density at radius 3 is 2.92 bits per heavy atom. The number of hydrogen-bond acceptors (Lipinski definition) is 5. The summed E-state index contributed by atoms with van der Waals surface area (Å²) in [6, 6.07) is 0. The van der Waals surface area contributed by atoms with Gasteiger partial charge in [-0.1, -0.05) is 0 Å². The van der Waals surface area contributed by atoms with E-state index < -0.39 is 17.5 Å². The zero-order chi connectivity index (χ0) is 9.19. The van der Waals surface area contributed by atoms with E-state index in [-0.39, 0.29) is 19.6 Å². The highest BCUT2D eigenvalue weighted by Gasteiger charge is 2.51. The average molecular weight is 174 g/mol. The summed E-state index contributed by atoms with van der Waals surface area (Å²) >= 11 is 0. The number of ether oxygens (including phenoxy) is 2. The van der Waals surface area contributed by atoms with E-state index in [1.54, 1.807) is 6.92 Å². The van der Waals surface area contributed by atoms with Crippen LogP contribution in [0.15, 0.2) is 0 Å². The molecule has 0 aromatic heterocycles. The van der Waals surface area contributed by atoms with Crippen molar-refractivity contribution in [1.29, 1.82) is 0 Å². The molecule has 1 atom stereocenters. The molecule has 5 nitrogen and oxygen atoms in total. The topological polar surface area (TPSA) is 72.8 Å². The van der Waals surface area contributed by atoms with E-state index in [1.807, 2.05) is 0 Å². The first-order valence-electron chi connectivity index (χ1n) is 3.68. The largest absolute Gasteiger partial charge is 0.463 e. The number of cyclic esters (lactones) is 1. The van der Waals surface area contributed by atoms with Crippen molar-refractivity contribution in [3.63, 3.8) is 0 Å². The molecule has 1 N–H and O–H groups in total. The Balaban J connectivity index is 2.70. The molecule has 0 aliphatic carbocycles. The standard InChI is InChI=1S/C7H10O5/c1-2-11-5(8)7(10)3-4-12-6(7)9/h10H,2-4H2,1H3. The third-order valence-electron chi connectivity index (χ3n) is 1.65. The predicted molar refractivity (Wildman–Crippen MR) is 37.2 cm³/mol. The van der Waals surface area contributed by atoms with Crippen LogP contribution in [-0.4, -0.2) is 35.9 Å². The third kappa shape index (κ3) is 1.27. The van der Waals surface area contributed by atoms with E-state index in [9.17, 15) is 14.7 Å². The highest BCUT2D eigenvalue weighted by molar-refractivity contribution is 6.04. The molecule has 12 heavy (non-hydrogen) atoms. The van der Waals surface area contributed by atoms with Crippen LogP contribution in [0.3, 0.4) is 0 Å². The molecule has 0 aromatic carbocycles. The van der Waals surface area contributed by atoms with Crippen LogP contribution in [0.5, 0.6) is 0 Å². The lowest BCUT2D eigenvalue weighted by molar-refractivity contribution is -0.174. The summed E-state index contributed by atoms with van der Waals surface area (Å²) in [6.07, 6.45) is -0.0231. The van der Waals surface area contributed by atoms with E-state index in [1.165, 1.54) is 0 Å². The number of carbonyl (C=O) groups is 2. The maximum absolute atomic E-state index is 11.0. The van der Waals surface area contributed by atoms with Crippen LogP contribution in [0.2, 0.25) is 0 Å². The second kappa shape index (κ2) is 3.10. The van der Waals surface area contributed by atoms with Gasteiger partial charge in [0.25, 0.3) is 5.60 Å². The van der Waals surface area contributed by atoms with Crippen molar-refractivity contribution in [2.24, 2.45) is 0 Å². The minimum Gasteiger partial charge on any atom is -0.463 e. The lowest BCUT2D eigenvalue weighted by Gasteiger charge is -2.14. The zero-order valence-electron chi connectivity index (χ0n) is 6.70. The monoisotopic (exact) mass is 174 g/mol. The average Bonchev–Trinajstić information content (AvgIpc) is 2.34. The molecule has 1 rings (SSSR count). The van der Waals surface area contributed by atoms with Gasteiger partial charge in [-0.15, -0.1) is 0 Å². The molecule has 0 amide bonds. The fourth-order valence-electron chi connectivity index (χ4n) is 0.949. The lowest BCUT2D eigenvalue weighted by atomic mass is 10.0. The van der Waals surface area contributed by atoms with Gasteiger partial charge in [-0.25, -0.2) is 9.59 Å². The summed E-state index contributed by atoms with van der Waals surface area (Å²) in [5.41, 5.74) is -2.06. The lowest BCUT2D eigenvalue weighted by Crippen LogP contribution is -2.44. The number of carbonyl (C=O) groups excluding carboxylic acids is 2. The second-order valence-electron chi connectivity index (χ2n) is 2.47.